The molecule has 4 amide bonds. The molecular weight excluding hydrogens is 497 g/mol. The van der Waals surface area contributed by atoms with Crippen molar-refractivity contribution in [2.45, 2.75) is 38.1 Å². The van der Waals surface area contributed by atoms with Gasteiger partial charge in [0.25, 0.3) is 0 Å². The first-order valence-corrected chi connectivity index (χ1v) is 12.1. The maximum Gasteiger partial charge on any atom is 0.334 e. The number of methoxy groups -OCH3 is 1. The maximum absolute atomic E-state index is 13.5. The third kappa shape index (κ3) is 5.86. The second-order valence-corrected chi connectivity index (χ2v) is 9.24. The summed E-state index contributed by atoms with van der Waals surface area (Å²) in [6, 6.07) is 11.3. The number of hydrogen-bond acceptors (Lipinski definition) is 6. The molecular formula is C26H30FN5O6. The molecule has 0 unspecified atom stereocenters. The number of hydrogen-bond donors (Lipinski definition) is 2. The lowest BCUT2D eigenvalue weighted by Crippen LogP contribution is -2.75. The quantitative estimate of drug-likeness (QED) is 0.535. The van der Waals surface area contributed by atoms with Crippen LogP contribution in [0.5, 0.6) is 5.75 Å². The summed E-state index contributed by atoms with van der Waals surface area (Å²) in [5.41, 5.74) is 1.50. The molecule has 2 N–H and O–H groups in total. The second-order valence-electron chi connectivity index (χ2n) is 9.24. The van der Waals surface area contributed by atoms with E-state index in [-0.39, 0.29) is 56.7 Å². The van der Waals surface area contributed by atoms with Gasteiger partial charge in [0, 0.05) is 26.6 Å². The van der Waals surface area contributed by atoms with Crippen LogP contribution >= 0.6 is 0 Å². The molecule has 0 aliphatic carbocycles. The number of rotatable bonds is 8. The Morgan fingerprint density at radius 1 is 1.08 bits per heavy atom. The van der Waals surface area contributed by atoms with Crippen molar-refractivity contribution in [3.63, 3.8) is 0 Å². The molecule has 2 saturated heterocycles. The molecule has 0 saturated carbocycles. The molecule has 0 spiro atoms. The van der Waals surface area contributed by atoms with E-state index in [2.05, 4.69) is 5.32 Å². The summed E-state index contributed by atoms with van der Waals surface area (Å²) < 4.78 is 18.4. The summed E-state index contributed by atoms with van der Waals surface area (Å²) in [6.45, 7) is 0.213. The van der Waals surface area contributed by atoms with Crippen LogP contribution in [-0.2, 0) is 27.5 Å². The number of fused-ring (bicyclic) bond motifs is 1. The maximum atomic E-state index is 13.5. The molecule has 0 bridgehead atoms. The number of carbonyl (C=O) groups is 4. The number of nitrogens with zero attached hydrogens (tertiary/aromatic N) is 4. The summed E-state index contributed by atoms with van der Waals surface area (Å²) in [6.07, 6.45) is -1.23. The monoisotopic (exact) mass is 527 g/mol. The average Bonchev–Trinajstić information content (AvgIpc) is 2.89. The first kappa shape index (κ1) is 26.9. The van der Waals surface area contributed by atoms with E-state index in [1.54, 1.807) is 43.3 Å². The van der Waals surface area contributed by atoms with E-state index in [4.69, 9.17) is 4.74 Å². The number of benzene rings is 2. The number of carboxylic acid groups (broad SMARTS) is 1. The van der Waals surface area contributed by atoms with E-state index in [9.17, 15) is 28.7 Å². The van der Waals surface area contributed by atoms with Gasteiger partial charge < -0.3 is 25.0 Å². The van der Waals surface area contributed by atoms with Crippen molar-refractivity contribution in [3.8, 4) is 5.75 Å². The molecule has 38 heavy (non-hydrogen) atoms. The van der Waals surface area contributed by atoms with Gasteiger partial charge >= 0.3 is 12.0 Å². The van der Waals surface area contributed by atoms with E-state index in [0.29, 0.717) is 11.3 Å². The highest BCUT2D eigenvalue weighted by atomic mass is 19.1. The number of ether oxygens (including phenoxy) is 1. The highest BCUT2D eigenvalue weighted by Crippen LogP contribution is 2.29. The Kier molecular flexibility index (Phi) is 8.10. The molecule has 202 valence electrons. The van der Waals surface area contributed by atoms with Crippen molar-refractivity contribution in [3.05, 3.63) is 65.5 Å². The Labute approximate surface area is 219 Å². The molecule has 12 heteroatoms. The highest BCUT2D eigenvalue weighted by molar-refractivity contribution is 5.91. The van der Waals surface area contributed by atoms with Crippen LogP contribution in [-0.4, -0.2) is 88.2 Å². The first-order chi connectivity index (χ1) is 18.2. The highest BCUT2D eigenvalue weighted by Gasteiger charge is 2.50. The predicted octanol–water partition coefficient (Wildman–Crippen LogP) is 1.64. The molecule has 4 rings (SSSR count). The third-order valence-electron chi connectivity index (χ3n) is 6.67. The van der Waals surface area contributed by atoms with Gasteiger partial charge in [-0.2, -0.15) is 0 Å². The lowest BCUT2D eigenvalue weighted by Gasteiger charge is -2.54. The zero-order valence-electron chi connectivity index (χ0n) is 21.2. The summed E-state index contributed by atoms with van der Waals surface area (Å²) in [7, 11) is 3.15. The molecule has 2 aromatic carbocycles. The van der Waals surface area contributed by atoms with Crippen LogP contribution in [0, 0.1) is 5.82 Å². The van der Waals surface area contributed by atoms with Crippen LogP contribution in [0.2, 0.25) is 0 Å². The Balaban J connectivity index is 1.59. The number of likely N-dealkylation sites (N-methyl/N-ethyl adjacent to an activating group) is 1. The van der Waals surface area contributed by atoms with Crippen molar-refractivity contribution in [2.75, 3.05) is 27.2 Å². The number of hydrazine groups is 1. The molecule has 2 heterocycles. The zero-order valence-corrected chi connectivity index (χ0v) is 21.2. The lowest BCUT2D eigenvalue weighted by molar-refractivity contribution is -0.188. The van der Waals surface area contributed by atoms with Gasteiger partial charge in [-0.05, 0) is 41.8 Å². The van der Waals surface area contributed by atoms with Crippen LogP contribution < -0.4 is 10.1 Å². The number of carboxylic acids is 1. The van der Waals surface area contributed by atoms with E-state index in [1.807, 2.05) is 12.1 Å². The second kappa shape index (κ2) is 11.5. The average molecular weight is 528 g/mol. The molecule has 2 fully saturated rings. The van der Waals surface area contributed by atoms with Crippen molar-refractivity contribution in [1.82, 2.24) is 25.1 Å². The minimum Gasteiger partial charge on any atom is -0.497 e. The SMILES string of the molecule is COc1ccc(CN2C[C@H]3N(C(=O)CN(C)N3C(=O)NCc3ccc(F)cc3)[C@@H](CCC(=O)O)C2=O)cc1. The lowest BCUT2D eigenvalue weighted by atomic mass is 10.0. The fourth-order valence-electron chi connectivity index (χ4n) is 4.80. The molecule has 2 aliphatic heterocycles. The fourth-order valence-corrected chi connectivity index (χ4v) is 4.80. The zero-order chi connectivity index (χ0) is 27.4. The number of piperazine rings is 1. The smallest absolute Gasteiger partial charge is 0.334 e. The van der Waals surface area contributed by atoms with Crippen LogP contribution in [0.4, 0.5) is 9.18 Å². The van der Waals surface area contributed by atoms with Gasteiger partial charge in [0.15, 0.2) is 0 Å². The van der Waals surface area contributed by atoms with Crippen LogP contribution in [0.25, 0.3) is 0 Å². The minimum absolute atomic E-state index is 0.0362. The van der Waals surface area contributed by atoms with Gasteiger partial charge in [-0.15, -0.1) is 0 Å². The van der Waals surface area contributed by atoms with Crippen molar-refractivity contribution in [1.29, 1.82) is 0 Å². The Hall–Kier alpha value is -4.19. The van der Waals surface area contributed by atoms with Crippen LogP contribution in [0.1, 0.15) is 24.0 Å². The number of halogens is 1. The van der Waals surface area contributed by atoms with Gasteiger partial charge in [0.2, 0.25) is 11.8 Å². The summed E-state index contributed by atoms with van der Waals surface area (Å²) in [5.74, 6) is -1.55. The van der Waals surface area contributed by atoms with Crippen LogP contribution in [0.15, 0.2) is 48.5 Å². The Morgan fingerprint density at radius 2 is 1.74 bits per heavy atom. The third-order valence-corrected chi connectivity index (χ3v) is 6.67. The normalized spacial score (nSPS) is 19.8. The largest absolute Gasteiger partial charge is 0.497 e. The molecule has 0 aromatic heterocycles. The number of urea groups is 1. The standard InChI is InChI=1S/C26H30FN5O6/c1-29-16-23(33)31-21(11-12-24(34)35)25(36)30(14-18-5-9-20(38-2)10-6-18)15-22(31)32(29)26(37)28-13-17-3-7-19(27)8-4-17/h3-10,21-22H,11-16H2,1-2H3,(H,28,37)(H,34,35)/t21-,22-/m0/s1. The van der Waals surface area contributed by atoms with Gasteiger partial charge in [0.05, 0.1) is 20.2 Å². The number of amides is 4. The molecule has 2 atom stereocenters. The van der Waals surface area contributed by atoms with Crippen molar-refractivity contribution >= 4 is 23.8 Å². The number of nitrogens with one attached hydrogen (secondary N) is 1. The molecule has 11 nitrogen and oxygen atoms in total. The van der Waals surface area contributed by atoms with E-state index in [0.717, 1.165) is 5.56 Å². The summed E-state index contributed by atoms with van der Waals surface area (Å²) >= 11 is 0. The predicted molar refractivity (Wildman–Crippen MR) is 133 cm³/mol. The van der Waals surface area contributed by atoms with E-state index >= 15 is 0 Å². The molecule has 2 aliphatic rings. The van der Waals surface area contributed by atoms with E-state index in [1.165, 1.54) is 27.1 Å². The van der Waals surface area contributed by atoms with Gasteiger partial charge in [-0.1, -0.05) is 24.3 Å². The summed E-state index contributed by atoms with van der Waals surface area (Å²) in [4.78, 5) is 54.2. The molecule has 2 aromatic rings. The first-order valence-electron chi connectivity index (χ1n) is 12.1. The topological polar surface area (TPSA) is 123 Å². The van der Waals surface area contributed by atoms with E-state index < -0.39 is 24.2 Å². The van der Waals surface area contributed by atoms with Gasteiger partial charge in [-0.3, -0.25) is 14.4 Å². The van der Waals surface area contributed by atoms with Gasteiger partial charge in [0.1, 0.15) is 23.8 Å². The van der Waals surface area contributed by atoms with Crippen molar-refractivity contribution < 1.29 is 33.4 Å². The van der Waals surface area contributed by atoms with Crippen LogP contribution in [0.3, 0.4) is 0 Å². The number of carbonyl (C=O) groups excluding carboxylic acids is 3. The summed E-state index contributed by atoms with van der Waals surface area (Å²) in [5, 5.41) is 14.9. The fraction of sp³-hybridized carbons (Fsp3) is 0.385. The Bertz CT molecular complexity index is 1190. The Morgan fingerprint density at radius 3 is 2.37 bits per heavy atom. The van der Waals surface area contributed by atoms with Crippen molar-refractivity contribution in [2.24, 2.45) is 0 Å². The van der Waals surface area contributed by atoms with Gasteiger partial charge in [-0.25, -0.2) is 19.2 Å². The minimum atomic E-state index is -1.09. The molecule has 0 radical (unpaired) electrons. The number of aliphatic carboxylic acids is 1.